The summed E-state index contributed by atoms with van der Waals surface area (Å²) in [5.74, 6) is -7.90. The summed E-state index contributed by atoms with van der Waals surface area (Å²) < 4.78 is 32.0. The number of hydrogen-bond acceptors (Lipinski definition) is 4. The van der Waals surface area contributed by atoms with Gasteiger partial charge >= 0.3 is 18.0 Å². The number of carbonyl (C=O) groups is 3. The molecule has 174 valence electrons. The Labute approximate surface area is 189 Å². The van der Waals surface area contributed by atoms with E-state index in [-0.39, 0.29) is 12.5 Å². The van der Waals surface area contributed by atoms with Crippen LogP contribution < -0.4 is 10.6 Å². The van der Waals surface area contributed by atoms with Gasteiger partial charge in [0.2, 0.25) is 5.91 Å². The topological polar surface area (TPSA) is 105 Å². The molecule has 0 radical (unpaired) electrons. The highest BCUT2D eigenvalue weighted by atomic mass is 19.3. The van der Waals surface area contributed by atoms with Gasteiger partial charge in [-0.3, -0.25) is 4.79 Å². The zero-order valence-corrected chi connectivity index (χ0v) is 17.7. The average molecular weight is 458 g/mol. The molecule has 4 rings (SSSR count). The minimum Gasteiger partial charge on any atom is -0.477 e. The highest BCUT2D eigenvalue weighted by molar-refractivity contribution is 5.82. The summed E-state index contributed by atoms with van der Waals surface area (Å²) in [4.78, 5) is 35.3. The van der Waals surface area contributed by atoms with Crippen molar-refractivity contribution in [3.8, 4) is 11.1 Å². The third kappa shape index (κ3) is 4.67. The normalized spacial score (nSPS) is 19.5. The number of alkyl carbamates (subject to hydrolysis) is 1. The Kier molecular flexibility index (Phi) is 6.31. The molecule has 1 fully saturated rings. The lowest BCUT2D eigenvalue weighted by Crippen LogP contribution is -2.48. The van der Waals surface area contributed by atoms with Crippen LogP contribution in [0.1, 0.15) is 36.3 Å². The second-order valence-electron chi connectivity index (χ2n) is 8.34. The van der Waals surface area contributed by atoms with Crippen LogP contribution >= 0.6 is 0 Å². The molecule has 0 aliphatic heterocycles. The van der Waals surface area contributed by atoms with E-state index in [0.29, 0.717) is 19.3 Å². The van der Waals surface area contributed by atoms with Gasteiger partial charge in [0.05, 0.1) is 12.5 Å². The van der Waals surface area contributed by atoms with Crippen LogP contribution in [0.5, 0.6) is 0 Å². The minimum absolute atomic E-state index is 0.107. The number of nitrogens with one attached hydrogen (secondary N) is 2. The fourth-order valence-electron chi connectivity index (χ4n) is 4.64. The Morgan fingerprint density at radius 2 is 1.61 bits per heavy atom. The number of carbonyl (C=O) groups excluding carboxylic acids is 2. The fraction of sp³-hybridized carbons (Fsp3) is 0.375. The summed E-state index contributed by atoms with van der Waals surface area (Å²) >= 11 is 0. The van der Waals surface area contributed by atoms with E-state index in [9.17, 15) is 23.2 Å². The first kappa shape index (κ1) is 22.7. The first-order valence-electron chi connectivity index (χ1n) is 10.8. The van der Waals surface area contributed by atoms with E-state index in [2.05, 4.69) is 5.32 Å². The second-order valence-corrected chi connectivity index (χ2v) is 8.34. The van der Waals surface area contributed by atoms with Gasteiger partial charge in [0.1, 0.15) is 6.61 Å². The molecule has 0 aromatic heterocycles. The van der Waals surface area contributed by atoms with Gasteiger partial charge in [0.15, 0.2) is 0 Å². The Hall–Kier alpha value is -3.49. The highest BCUT2D eigenvalue weighted by Gasteiger charge is 2.41. The first-order valence-corrected chi connectivity index (χ1v) is 10.8. The van der Waals surface area contributed by atoms with Crippen molar-refractivity contribution in [1.29, 1.82) is 0 Å². The van der Waals surface area contributed by atoms with E-state index in [1.165, 1.54) is 0 Å². The number of aliphatic carboxylic acids is 1. The van der Waals surface area contributed by atoms with Gasteiger partial charge in [-0.25, -0.2) is 9.59 Å². The van der Waals surface area contributed by atoms with Gasteiger partial charge in [-0.1, -0.05) is 55.0 Å². The molecule has 1 saturated carbocycles. The standard InChI is InChI=1S/C24H24F2N2O5/c25-24(26,22(30)31)13-27-21(29)18-10-5-11-20(18)28-23(32)33-12-19-16-8-3-1-6-14(16)15-7-2-4-9-17(15)19/h1-4,6-9,18-20H,5,10-13H2,(H,27,29)(H,28,32)(H,30,31)/t18-,20+/m0/s1. The van der Waals surface area contributed by atoms with Gasteiger partial charge < -0.3 is 20.5 Å². The molecule has 0 saturated heterocycles. The summed E-state index contributed by atoms with van der Waals surface area (Å²) in [5.41, 5.74) is 4.36. The zero-order chi connectivity index (χ0) is 23.6. The number of benzene rings is 2. The van der Waals surface area contributed by atoms with Crippen LogP contribution in [-0.2, 0) is 14.3 Å². The van der Waals surface area contributed by atoms with E-state index >= 15 is 0 Å². The minimum atomic E-state index is -4.05. The summed E-state index contributed by atoms with van der Waals surface area (Å²) in [7, 11) is 0. The predicted molar refractivity (Wildman–Crippen MR) is 115 cm³/mol. The Bertz CT molecular complexity index is 1030. The number of amides is 2. The van der Waals surface area contributed by atoms with Crippen LogP contribution in [0.3, 0.4) is 0 Å². The van der Waals surface area contributed by atoms with Gasteiger partial charge in [-0.15, -0.1) is 0 Å². The Morgan fingerprint density at radius 3 is 2.21 bits per heavy atom. The summed E-state index contributed by atoms with van der Waals surface area (Å²) in [6, 6.07) is 15.3. The molecule has 33 heavy (non-hydrogen) atoms. The summed E-state index contributed by atoms with van der Waals surface area (Å²) in [5, 5.41) is 13.1. The van der Waals surface area contributed by atoms with Crippen molar-refractivity contribution in [2.45, 2.75) is 37.1 Å². The van der Waals surface area contributed by atoms with Crippen LogP contribution in [0.4, 0.5) is 13.6 Å². The number of carboxylic acid groups (broad SMARTS) is 1. The Morgan fingerprint density at radius 1 is 1.00 bits per heavy atom. The molecule has 2 aromatic carbocycles. The van der Waals surface area contributed by atoms with E-state index in [0.717, 1.165) is 22.3 Å². The smallest absolute Gasteiger partial charge is 0.407 e. The number of carboxylic acids is 1. The fourth-order valence-corrected chi connectivity index (χ4v) is 4.64. The lowest BCUT2D eigenvalue weighted by molar-refractivity contribution is -0.164. The number of ether oxygens (including phenoxy) is 1. The van der Waals surface area contributed by atoms with Crippen molar-refractivity contribution in [1.82, 2.24) is 10.6 Å². The monoisotopic (exact) mass is 458 g/mol. The molecule has 0 heterocycles. The lowest BCUT2D eigenvalue weighted by Gasteiger charge is -2.22. The van der Waals surface area contributed by atoms with Crippen LogP contribution in [0.2, 0.25) is 0 Å². The Balaban J connectivity index is 1.34. The van der Waals surface area contributed by atoms with Crippen LogP contribution in [-0.4, -0.2) is 48.2 Å². The summed E-state index contributed by atoms with van der Waals surface area (Å²) in [6.07, 6.45) is 0.843. The maximum absolute atomic E-state index is 13.3. The van der Waals surface area contributed by atoms with Crippen LogP contribution in [0, 0.1) is 5.92 Å². The number of rotatable bonds is 7. The maximum Gasteiger partial charge on any atom is 0.407 e. The summed E-state index contributed by atoms with van der Waals surface area (Å²) in [6.45, 7) is -1.18. The third-order valence-corrected chi connectivity index (χ3v) is 6.30. The lowest BCUT2D eigenvalue weighted by atomic mass is 9.98. The molecule has 2 aromatic rings. The number of halogens is 2. The van der Waals surface area contributed by atoms with Crippen molar-refractivity contribution in [2.24, 2.45) is 5.92 Å². The van der Waals surface area contributed by atoms with E-state index in [1.54, 1.807) is 0 Å². The van der Waals surface area contributed by atoms with Crippen molar-refractivity contribution in [2.75, 3.05) is 13.2 Å². The van der Waals surface area contributed by atoms with E-state index in [4.69, 9.17) is 9.84 Å². The van der Waals surface area contributed by atoms with Gasteiger partial charge in [0.25, 0.3) is 0 Å². The van der Waals surface area contributed by atoms with E-state index in [1.807, 2.05) is 53.8 Å². The van der Waals surface area contributed by atoms with Crippen molar-refractivity contribution >= 4 is 18.0 Å². The van der Waals surface area contributed by atoms with Gasteiger partial charge in [-0.05, 0) is 35.1 Å². The van der Waals surface area contributed by atoms with Crippen molar-refractivity contribution in [3.63, 3.8) is 0 Å². The molecule has 2 atom stereocenters. The van der Waals surface area contributed by atoms with Crippen molar-refractivity contribution < 1.29 is 33.0 Å². The molecule has 0 spiro atoms. The largest absolute Gasteiger partial charge is 0.477 e. The molecular formula is C24H24F2N2O5. The third-order valence-electron chi connectivity index (χ3n) is 6.30. The van der Waals surface area contributed by atoms with Gasteiger partial charge in [-0.2, -0.15) is 8.78 Å². The molecule has 3 N–H and O–H groups in total. The van der Waals surface area contributed by atoms with Crippen LogP contribution in [0.15, 0.2) is 48.5 Å². The zero-order valence-electron chi connectivity index (χ0n) is 17.7. The molecule has 7 nitrogen and oxygen atoms in total. The first-order chi connectivity index (χ1) is 15.8. The van der Waals surface area contributed by atoms with Crippen LogP contribution in [0.25, 0.3) is 11.1 Å². The number of alkyl halides is 2. The molecule has 0 bridgehead atoms. The highest BCUT2D eigenvalue weighted by Crippen LogP contribution is 2.44. The average Bonchev–Trinajstić information content (AvgIpc) is 3.38. The maximum atomic E-state index is 13.3. The molecule has 0 unspecified atom stereocenters. The SMILES string of the molecule is O=C(N[C@@H]1CCC[C@@H]1C(=O)NCC(F)(F)C(=O)O)OCC1c2ccccc2-c2ccccc21. The van der Waals surface area contributed by atoms with Gasteiger partial charge in [0, 0.05) is 12.0 Å². The van der Waals surface area contributed by atoms with Crippen molar-refractivity contribution in [3.05, 3.63) is 59.7 Å². The molecule has 2 amide bonds. The van der Waals surface area contributed by atoms with E-state index < -0.39 is 42.4 Å². The predicted octanol–water partition coefficient (Wildman–Crippen LogP) is 3.53. The number of hydrogen-bond donors (Lipinski definition) is 3. The quantitative estimate of drug-likeness (QED) is 0.589. The second kappa shape index (κ2) is 9.17. The molecular weight excluding hydrogens is 434 g/mol. The molecule has 2 aliphatic carbocycles. The molecule has 2 aliphatic rings. The molecule has 9 heteroatoms. The number of fused-ring (bicyclic) bond motifs is 3.